The molecule has 8 rings (SSSR count). The highest BCUT2D eigenvalue weighted by molar-refractivity contribution is 5.13. The Bertz CT molecular complexity index is 1140. The van der Waals surface area contributed by atoms with Gasteiger partial charge in [0.1, 0.15) is 12.2 Å². The number of aliphatic hydroxyl groups is 2. The maximum absolute atomic E-state index is 9.95. The molecule has 0 aromatic rings. The minimum atomic E-state index is -0.791. The van der Waals surface area contributed by atoms with Crippen LogP contribution in [0.4, 0.5) is 0 Å². The molecule has 244 valence electrons. The van der Waals surface area contributed by atoms with Gasteiger partial charge in [-0.05, 0) is 38.5 Å². The van der Waals surface area contributed by atoms with E-state index in [1.807, 2.05) is 13.8 Å². The predicted molar refractivity (Wildman–Crippen MR) is 158 cm³/mol. The van der Waals surface area contributed by atoms with Crippen molar-refractivity contribution in [2.45, 2.75) is 200 Å². The molecular weight excluding hydrogens is 564 g/mol. The summed E-state index contributed by atoms with van der Waals surface area (Å²) in [6.07, 6.45) is 12.9. The lowest BCUT2D eigenvalue weighted by molar-refractivity contribution is -0.215. The number of rotatable bonds is 4. The molecule has 14 atom stereocenters. The lowest BCUT2D eigenvalue weighted by Crippen LogP contribution is -2.54. The van der Waals surface area contributed by atoms with Crippen molar-refractivity contribution in [3.05, 3.63) is 22.8 Å². The van der Waals surface area contributed by atoms with Crippen molar-refractivity contribution in [1.29, 1.82) is 0 Å². The molecule has 0 amide bonds. The van der Waals surface area contributed by atoms with Crippen LogP contribution in [0.2, 0.25) is 0 Å². The van der Waals surface area contributed by atoms with Crippen LogP contribution in [0.25, 0.3) is 9.69 Å². The van der Waals surface area contributed by atoms with Gasteiger partial charge in [0.05, 0.1) is 60.0 Å². The Kier molecular flexibility index (Phi) is 8.55. The third-order valence-electron chi connectivity index (χ3n) is 11.8. The normalized spacial score (nSPS) is 49.3. The molecule has 3 aliphatic carbocycles. The molecule has 0 aromatic carbocycles. The minimum Gasteiger partial charge on any atom is -0.390 e. The number of ether oxygens (including phenoxy) is 6. The molecule has 5 aliphatic heterocycles. The number of hydrogen-bond acceptors (Lipinski definition) is 8. The van der Waals surface area contributed by atoms with E-state index >= 15 is 0 Å². The molecule has 3 saturated carbocycles. The lowest BCUT2D eigenvalue weighted by atomic mass is 9.76. The highest BCUT2D eigenvalue weighted by Crippen LogP contribution is 2.55. The maximum Gasteiger partial charge on any atom is 0.223 e. The van der Waals surface area contributed by atoms with E-state index in [2.05, 4.69) is 9.69 Å². The van der Waals surface area contributed by atoms with Gasteiger partial charge in [-0.25, -0.2) is 13.1 Å². The molecule has 10 nitrogen and oxygen atoms in total. The number of hydrogen-bond donors (Lipinski definition) is 2. The lowest BCUT2D eigenvalue weighted by Gasteiger charge is -2.44. The SMILES string of the molecule is [C-]#[N+][C@H](C)C[C@H]1CC[C@@H]2O[C@@H]3C[C@]2(C[C@@H](O)[C@H]3O)O1.[C-]#[N+][C@H](C)C[C@H]1CC[C@@H]2O[C@@H]3C[C@]2(C[C@H]2OC4(CCCCC4)OC32)O1. The monoisotopic (exact) mass is 614 g/mol. The molecule has 2 N–H and O–H groups in total. The Balaban J connectivity index is 0.000000148. The molecular formula is C34H50N2O8. The van der Waals surface area contributed by atoms with E-state index in [0.717, 1.165) is 64.2 Å². The van der Waals surface area contributed by atoms with Gasteiger partial charge >= 0.3 is 0 Å². The summed E-state index contributed by atoms with van der Waals surface area (Å²) >= 11 is 0. The van der Waals surface area contributed by atoms with Crippen molar-refractivity contribution >= 4 is 0 Å². The second-order valence-electron chi connectivity index (χ2n) is 15.1. The molecule has 10 heteroatoms. The Labute approximate surface area is 261 Å². The standard InChI is InChI=1S/C20H29NO4.C14H21NO4/c1-13(21-2)10-14-6-7-17-19(23-14)11-15(22-17)18-16(12-19)24-20(25-18)8-4-3-5-9-20;1-8(15-2)5-9-3-4-12-14(19-9)6-10(16)13(17)11(7-14)18-12/h13-18H,3-12H2,1H3;8-13,16-17H,3-7H2,1H3/t13-,14-,15-,16-,17+,18?,19-;8-,9-,10-,11-,12+,13-,14+/m11/s1. The molecule has 44 heavy (non-hydrogen) atoms. The minimum absolute atomic E-state index is 0.0104. The van der Waals surface area contributed by atoms with Crippen LogP contribution in [0.5, 0.6) is 0 Å². The van der Waals surface area contributed by atoms with Gasteiger partial charge in [-0.2, -0.15) is 0 Å². The molecule has 0 aromatic heterocycles. The summed E-state index contributed by atoms with van der Waals surface area (Å²) in [5.41, 5.74) is -0.645. The summed E-state index contributed by atoms with van der Waals surface area (Å²) in [6, 6.07) is -0.000785. The highest BCUT2D eigenvalue weighted by Gasteiger charge is 2.65. The molecule has 5 saturated heterocycles. The number of aliphatic hydroxyl groups excluding tert-OH is 2. The number of nitrogens with zero attached hydrogens (tertiary/aromatic N) is 2. The van der Waals surface area contributed by atoms with Crippen LogP contribution in [-0.4, -0.2) is 100 Å². The average Bonchev–Trinajstić information content (AvgIpc) is 3.64. The first-order valence-electron chi connectivity index (χ1n) is 17.3. The zero-order chi connectivity index (χ0) is 30.7. The summed E-state index contributed by atoms with van der Waals surface area (Å²) in [5, 5.41) is 19.8. The van der Waals surface area contributed by atoms with Crippen LogP contribution in [0.3, 0.4) is 0 Å². The Morgan fingerprint density at radius 2 is 1.23 bits per heavy atom. The van der Waals surface area contributed by atoms with Crippen molar-refractivity contribution in [2.24, 2.45) is 0 Å². The molecule has 3 spiro atoms. The molecule has 4 bridgehead atoms. The molecule has 0 radical (unpaired) electrons. The Morgan fingerprint density at radius 1 is 0.682 bits per heavy atom. The second-order valence-corrected chi connectivity index (χ2v) is 15.1. The van der Waals surface area contributed by atoms with Crippen LogP contribution in [0.1, 0.15) is 110 Å². The van der Waals surface area contributed by atoms with E-state index in [0.29, 0.717) is 12.8 Å². The van der Waals surface area contributed by atoms with Gasteiger partial charge in [0.25, 0.3) is 0 Å². The fraction of sp³-hybridized carbons (Fsp3) is 0.941. The first-order chi connectivity index (χ1) is 21.2. The van der Waals surface area contributed by atoms with Crippen LogP contribution < -0.4 is 0 Å². The van der Waals surface area contributed by atoms with Crippen LogP contribution >= 0.6 is 0 Å². The zero-order valence-corrected chi connectivity index (χ0v) is 26.3. The van der Waals surface area contributed by atoms with Crippen molar-refractivity contribution in [3.8, 4) is 0 Å². The smallest absolute Gasteiger partial charge is 0.223 e. The van der Waals surface area contributed by atoms with Crippen molar-refractivity contribution in [1.82, 2.24) is 0 Å². The van der Waals surface area contributed by atoms with E-state index in [9.17, 15) is 10.2 Å². The summed E-state index contributed by atoms with van der Waals surface area (Å²) in [5.74, 6) is -0.347. The van der Waals surface area contributed by atoms with E-state index in [1.54, 1.807) is 0 Å². The first-order valence-corrected chi connectivity index (χ1v) is 17.3. The third-order valence-corrected chi connectivity index (χ3v) is 11.8. The van der Waals surface area contributed by atoms with Gasteiger partial charge in [-0.3, -0.25) is 0 Å². The highest BCUT2D eigenvalue weighted by atomic mass is 16.8. The zero-order valence-electron chi connectivity index (χ0n) is 26.3. The van der Waals surface area contributed by atoms with E-state index in [-0.39, 0.29) is 72.3 Å². The van der Waals surface area contributed by atoms with Gasteiger partial charge in [0, 0.05) is 65.2 Å². The van der Waals surface area contributed by atoms with E-state index in [1.165, 1.54) is 19.3 Å². The quantitative estimate of drug-likeness (QED) is 0.447. The Hall–Kier alpha value is -1.34. The predicted octanol–water partition coefficient (Wildman–Crippen LogP) is 4.49. The largest absolute Gasteiger partial charge is 0.390 e. The van der Waals surface area contributed by atoms with Gasteiger partial charge < -0.3 is 48.3 Å². The first kappa shape index (κ1) is 31.3. The van der Waals surface area contributed by atoms with Crippen LogP contribution in [0.15, 0.2) is 0 Å². The second kappa shape index (κ2) is 12.0. The van der Waals surface area contributed by atoms with E-state index in [4.69, 9.17) is 41.6 Å². The molecule has 1 unspecified atom stereocenters. The third kappa shape index (κ3) is 5.62. The average molecular weight is 615 g/mol. The fourth-order valence-electron chi connectivity index (χ4n) is 9.75. The van der Waals surface area contributed by atoms with E-state index < -0.39 is 17.8 Å². The topological polar surface area (TPSA) is 105 Å². The van der Waals surface area contributed by atoms with Gasteiger partial charge in [-0.1, -0.05) is 6.42 Å². The van der Waals surface area contributed by atoms with Gasteiger partial charge in [0.15, 0.2) is 5.79 Å². The summed E-state index contributed by atoms with van der Waals surface area (Å²) < 4.78 is 38.1. The summed E-state index contributed by atoms with van der Waals surface area (Å²) in [4.78, 5) is 7.17. The fourth-order valence-corrected chi connectivity index (χ4v) is 9.75. The Morgan fingerprint density at radius 3 is 1.84 bits per heavy atom. The molecule has 5 heterocycles. The van der Waals surface area contributed by atoms with Crippen LogP contribution in [0, 0.1) is 13.1 Å². The van der Waals surface area contributed by atoms with Gasteiger partial charge in [0.2, 0.25) is 12.1 Å². The molecule has 8 aliphatic rings. The summed E-state index contributed by atoms with van der Waals surface area (Å²) in [6.45, 7) is 18.2. The van der Waals surface area contributed by atoms with Crippen molar-refractivity contribution in [3.63, 3.8) is 0 Å². The maximum atomic E-state index is 9.95. The van der Waals surface area contributed by atoms with Crippen molar-refractivity contribution < 1.29 is 38.6 Å². The van der Waals surface area contributed by atoms with Crippen molar-refractivity contribution in [2.75, 3.05) is 0 Å². The molecule has 8 fully saturated rings. The summed E-state index contributed by atoms with van der Waals surface area (Å²) in [7, 11) is 0. The number of fused-ring (bicyclic) bond motifs is 4. The van der Waals surface area contributed by atoms with Crippen LogP contribution in [-0.2, 0) is 28.4 Å². The van der Waals surface area contributed by atoms with Gasteiger partial charge in [-0.15, -0.1) is 0 Å².